The summed E-state index contributed by atoms with van der Waals surface area (Å²) < 4.78 is 4.78. The molecule has 0 aliphatic heterocycles. The Balaban J connectivity index is 2.98. The quantitative estimate of drug-likeness (QED) is 0.703. The molecule has 4 heteroatoms. The molecule has 1 aromatic carbocycles. The van der Waals surface area contributed by atoms with Crippen molar-refractivity contribution >= 4 is 17.6 Å². The Kier molecular flexibility index (Phi) is 3.49. The standard InChI is InChI=1S/C10H8ClNO2/c1-2-14-10(13)7-3-4-8(6-12)9(11)5-7/h3-5H,2H2,1H3. The van der Waals surface area contributed by atoms with E-state index in [2.05, 4.69) is 0 Å². The number of benzene rings is 1. The first kappa shape index (κ1) is 10.6. The van der Waals surface area contributed by atoms with Crippen molar-refractivity contribution in [2.24, 2.45) is 0 Å². The molecule has 1 rings (SSSR count). The minimum atomic E-state index is -0.432. The van der Waals surface area contributed by atoms with Crippen LogP contribution in [-0.2, 0) is 4.74 Å². The van der Waals surface area contributed by atoms with E-state index in [1.807, 2.05) is 6.07 Å². The Morgan fingerprint density at radius 2 is 2.36 bits per heavy atom. The summed E-state index contributed by atoms with van der Waals surface area (Å²) in [6.45, 7) is 2.04. The fourth-order valence-corrected chi connectivity index (χ4v) is 1.17. The molecule has 72 valence electrons. The van der Waals surface area contributed by atoms with Crippen molar-refractivity contribution < 1.29 is 9.53 Å². The molecule has 1 aromatic rings. The third-order valence-corrected chi connectivity index (χ3v) is 1.91. The van der Waals surface area contributed by atoms with Gasteiger partial charge in [0.15, 0.2) is 0 Å². The first-order chi connectivity index (χ1) is 6.69. The second-order valence-corrected chi connectivity index (χ2v) is 2.93. The normalized spacial score (nSPS) is 9.21. The van der Waals surface area contributed by atoms with Gasteiger partial charge in [-0.2, -0.15) is 5.26 Å². The van der Waals surface area contributed by atoms with Crippen molar-refractivity contribution in [1.29, 1.82) is 5.26 Å². The highest BCUT2D eigenvalue weighted by Gasteiger charge is 2.08. The Bertz CT molecular complexity index is 396. The molecule has 3 nitrogen and oxygen atoms in total. The Morgan fingerprint density at radius 1 is 1.64 bits per heavy atom. The molecular weight excluding hydrogens is 202 g/mol. The zero-order valence-corrected chi connectivity index (χ0v) is 8.34. The molecule has 0 aromatic heterocycles. The average Bonchev–Trinajstić information content (AvgIpc) is 2.18. The Hall–Kier alpha value is -1.53. The van der Waals surface area contributed by atoms with Gasteiger partial charge < -0.3 is 4.74 Å². The van der Waals surface area contributed by atoms with Crippen LogP contribution in [0.2, 0.25) is 5.02 Å². The van der Waals surface area contributed by atoms with Crippen LogP contribution >= 0.6 is 11.6 Å². The zero-order valence-electron chi connectivity index (χ0n) is 7.58. The summed E-state index contributed by atoms with van der Waals surface area (Å²) in [4.78, 5) is 11.2. The van der Waals surface area contributed by atoms with E-state index in [0.717, 1.165) is 0 Å². The number of hydrogen-bond acceptors (Lipinski definition) is 3. The lowest BCUT2D eigenvalue weighted by molar-refractivity contribution is 0.0526. The number of rotatable bonds is 2. The topological polar surface area (TPSA) is 50.1 Å². The maximum Gasteiger partial charge on any atom is 0.338 e. The third kappa shape index (κ3) is 2.24. The van der Waals surface area contributed by atoms with E-state index < -0.39 is 5.97 Å². The number of carbonyl (C=O) groups is 1. The van der Waals surface area contributed by atoms with Crippen LogP contribution in [0.15, 0.2) is 18.2 Å². The molecule has 0 amide bonds. The predicted molar refractivity (Wildman–Crippen MR) is 52.1 cm³/mol. The summed E-state index contributed by atoms with van der Waals surface area (Å²) >= 11 is 5.74. The molecular formula is C10H8ClNO2. The number of ether oxygens (including phenoxy) is 1. The van der Waals surface area contributed by atoms with Gasteiger partial charge in [-0.25, -0.2) is 4.79 Å². The van der Waals surface area contributed by atoms with E-state index >= 15 is 0 Å². The zero-order chi connectivity index (χ0) is 10.6. The van der Waals surface area contributed by atoms with Gasteiger partial charge in [0.25, 0.3) is 0 Å². The molecule has 0 aliphatic carbocycles. The van der Waals surface area contributed by atoms with Gasteiger partial charge in [-0.15, -0.1) is 0 Å². The van der Waals surface area contributed by atoms with Crippen LogP contribution in [0.25, 0.3) is 0 Å². The van der Waals surface area contributed by atoms with Crippen LogP contribution in [-0.4, -0.2) is 12.6 Å². The molecule has 0 unspecified atom stereocenters. The third-order valence-electron chi connectivity index (χ3n) is 1.60. The van der Waals surface area contributed by atoms with Gasteiger partial charge in [-0.05, 0) is 25.1 Å². The first-order valence-electron chi connectivity index (χ1n) is 4.05. The SMILES string of the molecule is CCOC(=O)c1ccc(C#N)c(Cl)c1. The number of esters is 1. The van der Waals surface area contributed by atoms with Crippen LogP contribution < -0.4 is 0 Å². The monoisotopic (exact) mass is 209 g/mol. The summed E-state index contributed by atoms with van der Waals surface area (Å²) in [6, 6.07) is 6.35. The van der Waals surface area contributed by atoms with Crippen molar-refractivity contribution in [3.05, 3.63) is 34.3 Å². The van der Waals surface area contributed by atoms with Gasteiger partial charge in [-0.1, -0.05) is 11.6 Å². The van der Waals surface area contributed by atoms with Crippen molar-refractivity contribution in [3.8, 4) is 6.07 Å². The Morgan fingerprint density at radius 3 is 2.86 bits per heavy atom. The molecule has 0 fully saturated rings. The molecule has 0 radical (unpaired) electrons. The molecule has 0 spiro atoms. The minimum Gasteiger partial charge on any atom is -0.462 e. The maximum absolute atomic E-state index is 11.2. The summed E-state index contributed by atoms with van der Waals surface area (Å²) in [6.07, 6.45) is 0. The van der Waals surface area contributed by atoms with Gasteiger partial charge in [0.1, 0.15) is 6.07 Å². The summed E-state index contributed by atoms with van der Waals surface area (Å²) in [5.74, 6) is -0.432. The molecule has 0 saturated carbocycles. The lowest BCUT2D eigenvalue weighted by atomic mass is 10.1. The van der Waals surface area contributed by atoms with Crippen LogP contribution in [0, 0.1) is 11.3 Å². The lowest BCUT2D eigenvalue weighted by Gasteiger charge is -2.02. The largest absolute Gasteiger partial charge is 0.462 e. The molecule has 0 aliphatic rings. The van der Waals surface area contributed by atoms with E-state index in [1.165, 1.54) is 18.2 Å². The lowest BCUT2D eigenvalue weighted by Crippen LogP contribution is -2.04. The van der Waals surface area contributed by atoms with E-state index in [0.29, 0.717) is 17.7 Å². The smallest absolute Gasteiger partial charge is 0.338 e. The number of nitriles is 1. The average molecular weight is 210 g/mol. The van der Waals surface area contributed by atoms with Crippen LogP contribution in [0.5, 0.6) is 0 Å². The van der Waals surface area contributed by atoms with Gasteiger partial charge in [0.05, 0.1) is 22.8 Å². The van der Waals surface area contributed by atoms with E-state index in [1.54, 1.807) is 6.92 Å². The summed E-state index contributed by atoms with van der Waals surface area (Å²) in [5, 5.41) is 8.86. The van der Waals surface area contributed by atoms with Crippen LogP contribution in [0.4, 0.5) is 0 Å². The van der Waals surface area contributed by atoms with Crippen LogP contribution in [0.1, 0.15) is 22.8 Å². The second-order valence-electron chi connectivity index (χ2n) is 2.53. The molecule has 14 heavy (non-hydrogen) atoms. The highest BCUT2D eigenvalue weighted by Crippen LogP contribution is 2.17. The van der Waals surface area contributed by atoms with Crippen molar-refractivity contribution in [1.82, 2.24) is 0 Å². The van der Waals surface area contributed by atoms with E-state index in [-0.39, 0.29) is 5.02 Å². The minimum absolute atomic E-state index is 0.262. The van der Waals surface area contributed by atoms with Gasteiger partial charge in [0, 0.05) is 0 Å². The van der Waals surface area contributed by atoms with Gasteiger partial charge >= 0.3 is 5.97 Å². The fourth-order valence-electron chi connectivity index (χ4n) is 0.947. The van der Waals surface area contributed by atoms with E-state index in [4.69, 9.17) is 21.6 Å². The highest BCUT2D eigenvalue weighted by atomic mass is 35.5. The number of hydrogen-bond donors (Lipinski definition) is 0. The number of carbonyl (C=O) groups excluding carboxylic acids is 1. The van der Waals surface area contributed by atoms with Crippen molar-refractivity contribution in [2.75, 3.05) is 6.61 Å². The molecule has 0 heterocycles. The molecule has 0 bridgehead atoms. The molecule has 0 N–H and O–H groups in total. The van der Waals surface area contributed by atoms with Gasteiger partial charge in [-0.3, -0.25) is 0 Å². The second kappa shape index (κ2) is 4.64. The maximum atomic E-state index is 11.2. The van der Waals surface area contributed by atoms with Crippen molar-refractivity contribution in [3.63, 3.8) is 0 Å². The summed E-state index contributed by atoms with van der Waals surface area (Å²) in [5.41, 5.74) is 0.704. The van der Waals surface area contributed by atoms with E-state index in [9.17, 15) is 4.79 Å². The van der Waals surface area contributed by atoms with Gasteiger partial charge in [0.2, 0.25) is 0 Å². The predicted octanol–water partition coefficient (Wildman–Crippen LogP) is 2.39. The molecule has 0 saturated heterocycles. The summed E-state index contributed by atoms with van der Waals surface area (Å²) in [7, 11) is 0. The Labute approximate surface area is 86.9 Å². The van der Waals surface area contributed by atoms with Crippen molar-refractivity contribution in [2.45, 2.75) is 6.92 Å². The molecule has 0 atom stereocenters. The highest BCUT2D eigenvalue weighted by molar-refractivity contribution is 6.32. The number of nitrogens with zero attached hydrogens (tertiary/aromatic N) is 1. The first-order valence-corrected chi connectivity index (χ1v) is 4.43. The number of halogens is 1. The fraction of sp³-hybridized carbons (Fsp3) is 0.200. The van der Waals surface area contributed by atoms with Crippen LogP contribution in [0.3, 0.4) is 0 Å².